The Hall–Kier alpha value is -2.03. The monoisotopic (exact) mass is 204 g/mol. The molecule has 0 spiro atoms. The average Bonchev–Trinajstić information content (AvgIpc) is 2.26. The Morgan fingerprint density at radius 3 is 2.80 bits per heavy atom. The summed E-state index contributed by atoms with van der Waals surface area (Å²) >= 11 is 0. The van der Waals surface area contributed by atoms with E-state index in [0.717, 1.165) is 5.56 Å². The summed E-state index contributed by atoms with van der Waals surface area (Å²) in [5.41, 5.74) is 0.725. The lowest BCUT2D eigenvalue weighted by Crippen LogP contribution is -1.85. The van der Waals surface area contributed by atoms with Gasteiger partial charge in [-0.1, -0.05) is 18.7 Å². The van der Waals surface area contributed by atoms with Crippen LogP contribution in [-0.4, -0.2) is 18.0 Å². The van der Waals surface area contributed by atoms with Crippen molar-refractivity contribution in [1.29, 1.82) is 0 Å². The third kappa shape index (κ3) is 2.98. The van der Waals surface area contributed by atoms with Crippen LogP contribution in [0.1, 0.15) is 5.56 Å². The van der Waals surface area contributed by atoms with Crippen LogP contribution in [0.4, 0.5) is 0 Å². The Bertz CT molecular complexity index is 405. The van der Waals surface area contributed by atoms with E-state index in [-0.39, 0.29) is 11.5 Å². The van der Waals surface area contributed by atoms with Crippen molar-refractivity contribution in [1.82, 2.24) is 0 Å². The lowest BCUT2D eigenvalue weighted by Gasteiger charge is -2.02. The topological polar surface area (TPSA) is 46.5 Å². The highest BCUT2D eigenvalue weighted by atomic mass is 16.5. The van der Waals surface area contributed by atoms with Crippen LogP contribution in [0.2, 0.25) is 0 Å². The number of phenols is 1. The summed E-state index contributed by atoms with van der Waals surface area (Å²) in [5, 5.41) is 9.45. The molecule has 0 bridgehead atoms. The number of aromatic hydroxyl groups is 1. The van der Waals surface area contributed by atoms with Crippen LogP contribution in [0.15, 0.2) is 36.9 Å². The van der Waals surface area contributed by atoms with Gasteiger partial charge in [0, 0.05) is 0 Å². The lowest BCUT2D eigenvalue weighted by molar-refractivity contribution is -0.110. The quantitative estimate of drug-likeness (QED) is 0.764. The Morgan fingerprint density at radius 2 is 2.27 bits per heavy atom. The molecule has 3 nitrogen and oxygen atoms in total. The first kappa shape index (κ1) is 11.0. The zero-order chi connectivity index (χ0) is 11.3. The van der Waals surface area contributed by atoms with Gasteiger partial charge in [-0.2, -0.15) is 0 Å². The van der Waals surface area contributed by atoms with E-state index in [9.17, 15) is 9.90 Å². The van der Waals surface area contributed by atoms with E-state index in [1.807, 2.05) is 0 Å². The maximum atomic E-state index is 10.9. The number of phenolic OH excluding ortho intramolecular Hbond substituents is 1. The summed E-state index contributed by atoms with van der Waals surface area (Å²) in [4.78, 5) is 10.9. The molecule has 0 aliphatic heterocycles. The summed E-state index contributed by atoms with van der Waals surface area (Å²) in [5.74, 6) is 0.276. The molecular formula is C12H12O3. The number of ketones is 1. The largest absolute Gasteiger partial charge is 0.504 e. The number of methoxy groups -OCH3 is 1. The van der Waals surface area contributed by atoms with Crippen LogP contribution < -0.4 is 4.74 Å². The van der Waals surface area contributed by atoms with Gasteiger partial charge in [0.2, 0.25) is 0 Å². The SMILES string of the molecule is C=CC(=O)C=Cc1ccc(OC)c(O)c1. The fourth-order valence-corrected chi connectivity index (χ4v) is 1.06. The van der Waals surface area contributed by atoms with Crippen LogP contribution in [0.25, 0.3) is 6.08 Å². The van der Waals surface area contributed by atoms with Gasteiger partial charge in [-0.25, -0.2) is 0 Å². The molecule has 0 heterocycles. The third-order valence-electron chi connectivity index (χ3n) is 1.84. The van der Waals surface area contributed by atoms with Gasteiger partial charge in [-0.15, -0.1) is 0 Å². The minimum atomic E-state index is -0.176. The number of rotatable bonds is 4. The highest BCUT2D eigenvalue weighted by Gasteiger charge is 2.00. The summed E-state index contributed by atoms with van der Waals surface area (Å²) in [6.07, 6.45) is 4.21. The molecule has 15 heavy (non-hydrogen) atoms. The molecule has 1 rings (SSSR count). The molecule has 1 aromatic carbocycles. The summed E-state index contributed by atoms with van der Waals surface area (Å²) in [6.45, 7) is 3.35. The molecule has 0 atom stereocenters. The Labute approximate surface area is 88.3 Å². The van der Waals surface area contributed by atoms with Gasteiger partial charge < -0.3 is 9.84 Å². The van der Waals surface area contributed by atoms with Crippen molar-refractivity contribution >= 4 is 11.9 Å². The van der Waals surface area contributed by atoms with E-state index in [0.29, 0.717) is 5.75 Å². The lowest BCUT2D eigenvalue weighted by atomic mass is 10.1. The molecule has 0 amide bonds. The zero-order valence-electron chi connectivity index (χ0n) is 8.43. The Morgan fingerprint density at radius 1 is 1.53 bits per heavy atom. The standard InChI is InChI=1S/C12H12O3/c1-3-10(13)6-4-9-5-7-12(15-2)11(14)8-9/h3-8,14H,1H2,2H3. The van der Waals surface area contributed by atoms with Crippen molar-refractivity contribution in [2.75, 3.05) is 7.11 Å². The second-order valence-corrected chi connectivity index (χ2v) is 2.87. The second kappa shape index (κ2) is 5.00. The van der Waals surface area contributed by atoms with Gasteiger partial charge in [0.25, 0.3) is 0 Å². The van der Waals surface area contributed by atoms with Crippen molar-refractivity contribution in [2.24, 2.45) is 0 Å². The van der Waals surface area contributed by atoms with Crippen molar-refractivity contribution in [3.05, 3.63) is 42.5 Å². The molecule has 0 unspecified atom stereocenters. The van der Waals surface area contributed by atoms with E-state index in [2.05, 4.69) is 6.58 Å². The molecule has 0 radical (unpaired) electrons. The number of benzene rings is 1. The van der Waals surface area contributed by atoms with Gasteiger partial charge in [0.1, 0.15) is 0 Å². The molecular weight excluding hydrogens is 192 g/mol. The fraction of sp³-hybridized carbons (Fsp3) is 0.0833. The molecule has 0 aliphatic rings. The third-order valence-corrected chi connectivity index (χ3v) is 1.84. The van der Waals surface area contributed by atoms with E-state index in [1.54, 1.807) is 18.2 Å². The average molecular weight is 204 g/mol. The van der Waals surface area contributed by atoms with Gasteiger partial charge in [-0.05, 0) is 29.8 Å². The van der Waals surface area contributed by atoms with Gasteiger partial charge in [-0.3, -0.25) is 4.79 Å². The van der Waals surface area contributed by atoms with Crippen LogP contribution in [0, 0.1) is 0 Å². The summed E-state index contributed by atoms with van der Waals surface area (Å²) in [7, 11) is 1.48. The predicted molar refractivity (Wildman–Crippen MR) is 58.9 cm³/mol. The smallest absolute Gasteiger partial charge is 0.178 e. The number of hydrogen-bond acceptors (Lipinski definition) is 3. The highest BCUT2D eigenvalue weighted by molar-refractivity contribution is 6.01. The van der Waals surface area contributed by atoms with E-state index < -0.39 is 0 Å². The maximum absolute atomic E-state index is 10.9. The number of ether oxygens (including phenoxy) is 1. The number of allylic oxidation sites excluding steroid dienone is 2. The molecule has 0 saturated heterocycles. The molecule has 1 aromatic rings. The molecule has 78 valence electrons. The summed E-state index contributed by atoms with van der Waals surface area (Å²) in [6, 6.07) is 4.89. The van der Waals surface area contributed by atoms with Gasteiger partial charge in [0.15, 0.2) is 17.3 Å². The fourth-order valence-electron chi connectivity index (χ4n) is 1.06. The molecule has 0 fully saturated rings. The molecule has 0 saturated carbocycles. The van der Waals surface area contributed by atoms with Crippen LogP contribution in [0.3, 0.4) is 0 Å². The zero-order valence-corrected chi connectivity index (χ0v) is 8.43. The van der Waals surface area contributed by atoms with Gasteiger partial charge in [0.05, 0.1) is 7.11 Å². The van der Waals surface area contributed by atoms with Crippen molar-refractivity contribution in [2.45, 2.75) is 0 Å². The Balaban J connectivity index is 2.88. The summed E-state index contributed by atoms with van der Waals surface area (Å²) < 4.78 is 4.89. The van der Waals surface area contributed by atoms with Crippen molar-refractivity contribution < 1.29 is 14.6 Å². The second-order valence-electron chi connectivity index (χ2n) is 2.87. The highest BCUT2D eigenvalue weighted by Crippen LogP contribution is 2.26. The molecule has 0 aromatic heterocycles. The van der Waals surface area contributed by atoms with Crippen LogP contribution in [0.5, 0.6) is 11.5 Å². The van der Waals surface area contributed by atoms with Crippen molar-refractivity contribution in [3.8, 4) is 11.5 Å². The van der Waals surface area contributed by atoms with E-state index in [1.165, 1.54) is 25.3 Å². The maximum Gasteiger partial charge on any atom is 0.178 e. The predicted octanol–water partition coefficient (Wildman–Crippen LogP) is 2.17. The van der Waals surface area contributed by atoms with Crippen LogP contribution in [-0.2, 0) is 4.79 Å². The van der Waals surface area contributed by atoms with Gasteiger partial charge >= 0.3 is 0 Å². The normalized spacial score (nSPS) is 10.2. The minimum Gasteiger partial charge on any atom is -0.504 e. The molecule has 1 N–H and O–H groups in total. The molecule has 0 aliphatic carbocycles. The number of carbonyl (C=O) groups excluding carboxylic acids is 1. The Kier molecular flexibility index (Phi) is 3.68. The first-order chi connectivity index (χ1) is 7.17. The van der Waals surface area contributed by atoms with Crippen LogP contribution >= 0.6 is 0 Å². The number of carbonyl (C=O) groups is 1. The van der Waals surface area contributed by atoms with E-state index in [4.69, 9.17) is 4.74 Å². The first-order valence-electron chi connectivity index (χ1n) is 4.39. The van der Waals surface area contributed by atoms with E-state index >= 15 is 0 Å². The molecule has 3 heteroatoms. The number of hydrogen-bond donors (Lipinski definition) is 1. The van der Waals surface area contributed by atoms with Crippen molar-refractivity contribution in [3.63, 3.8) is 0 Å². The first-order valence-corrected chi connectivity index (χ1v) is 4.39. The minimum absolute atomic E-state index is 0.0469.